The van der Waals surface area contributed by atoms with E-state index in [1.807, 2.05) is 24.3 Å². The Labute approximate surface area is 168 Å². The molecule has 7 heteroatoms. The number of hydrogen-bond acceptors (Lipinski definition) is 4. The number of unbranched alkanes of at least 4 members (excludes halogenated alkanes) is 1. The van der Waals surface area contributed by atoms with Crippen molar-refractivity contribution in [2.45, 2.75) is 51.1 Å². The van der Waals surface area contributed by atoms with Crippen molar-refractivity contribution in [1.29, 1.82) is 0 Å². The molecular formula is C20H32ClN3O3. The molecule has 0 aliphatic carbocycles. The van der Waals surface area contributed by atoms with E-state index in [2.05, 4.69) is 12.2 Å². The van der Waals surface area contributed by atoms with Gasteiger partial charge in [0.15, 0.2) is 0 Å². The molecule has 0 saturated carbocycles. The molecule has 1 fully saturated rings. The van der Waals surface area contributed by atoms with Crippen molar-refractivity contribution >= 4 is 24.2 Å². The van der Waals surface area contributed by atoms with E-state index >= 15 is 0 Å². The maximum absolute atomic E-state index is 13.0. The van der Waals surface area contributed by atoms with E-state index in [-0.39, 0.29) is 42.2 Å². The Balaban J connectivity index is 0.00000364. The molecule has 1 saturated heterocycles. The van der Waals surface area contributed by atoms with Gasteiger partial charge in [-0.3, -0.25) is 9.59 Å². The fourth-order valence-corrected chi connectivity index (χ4v) is 3.58. The van der Waals surface area contributed by atoms with Gasteiger partial charge in [0.05, 0.1) is 19.1 Å². The molecule has 2 amide bonds. The standard InChI is InChI=1S/C20H31N3O3.ClH/c1-4-5-6-15(13-21)22-20(25)17-11-12-18(24)23(2)19(17)14-7-9-16(26-3)10-8-14;/h7-10,15,17,19H,4-6,11-13,21H2,1-3H3,(H,22,25);1H. The number of amides is 2. The van der Waals surface area contributed by atoms with Crippen molar-refractivity contribution in [1.82, 2.24) is 10.2 Å². The first kappa shape index (κ1) is 23.2. The number of ether oxygens (including phenoxy) is 1. The van der Waals surface area contributed by atoms with E-state index in [1.54, 1.807) is 19.1 Å². The SMILES string of the molecule is CCCCC(CN)NC(=O)C1CCC(=O)N(C)C1c1ccc(OC)cc1.Cl. The Morgan fingerprint density at radius 3 is 2.59 bits per heavy atom. The van der Waals surface area contributed by atoms with Crippen molar-refractivity contribution in [3.63, 3.8) is 0 Å². The van der Waals surface area contributed by atoms with Gasteiger partial charge in [0.25, 0.3) is 0 Å². The van der Waals surface area contributed by atoms with Gasteiger partial charge in [-0.1, -0.05) is 31.9 Å². The van der Waals surface area contributed by atoms with Crippen molar-refractivity contribution in [3.8, 4) is 5.75 Å². The van der Waals surface area contributed by atoms with Gasteiger partial charge < -0.3 is 20.7 Å². The molecule has 27 heavy (non-hydrogen) atoms. The van der Waals surface area contributed by atoms with E-state index in [0.717, 1.165) is 30.6 Å². The van der Waals surface area contributed by atoms with Crippen LogP contribution in [0, 0.1) is 5.92 Å². The number of nitrogens with two attached hydrogens (primary N) is 1. The predicted octanol–water partition coefficient (Wildman–Crippen LogP) is 2.66. The van der Waals surface area contributed by atoms with Gasteiger partial charge in [-0.25, -0.2) is 0 Å². The van der Waals surface area contributed by atoms with Crippen LogP contribution >= 0.6 is 12.4 Å². The summed E-state index contributed by atoms with van der Waals surface area (Å²) < 4.78 is 5.21. The fourth-order valence-electron chi connectivity index (χ4n) is 3.58. The van der Waals surface area contributed by atoms with Gasteiger partial charge in [-0.05, 0) is 30.5 Å². The van der Waals surface area contributed by atoms with Crippen LogP contribution in [0.3, 0.4) is 0 Å². The van der Waals surface area contributed by atoms with Crippen LogP contribution in [-0.2, 0) is 9.59 Å². The lowest BCUT2D eigenvalue weighted by atomic mass is 9.83. The minimum Gasteiger partial charge on any atom is -0.497 e. The summed E-state index contributed by atoms with van der Waals surface area (Å²) in [5.41, 5.74) is 6.77. The number of methoxy groups -OCH3 is 1. The highest BCUT2D eigenvalue weighted by Gasteiger charge is 2.39. The highest BCUT2D eigenvalue weighted by Crippen LogP contribution is 2.36. The average molecular weight is 398 g/mol. The van der Waals surface area contributed by atoms with Crippen LogP contribution in [0.4, 0.5) is 0 Å². The van der Waals surface area contributed by atoms with Crippen LogP contribution in [0.15, 0.2) is 24.3 Å². The highest BCUT2D eigenvalue weighted by atomic mass is 35.5. The zero-order valence-electron chi connectivity index (χ0n) is 16.4. The summed E-state index contributed by atoms with van der Waals surface area (Å²) in [5.74, 6) is 0.525. The molecule has 0 aromatic heterocycles. The first-order valence-corrected chi connectivity index (χ1v) is 9.41. The number of rotatable bonds is 8. The molecule has 2 rings (SSSR count). The lowest BCUT2D eigenvalue weighted by Gasteiger charge is -2.39. The van der Waals surface area contributed by atoms with Crippen molar-refractivity contribution in [2.75, 3.05) is 20.7 Å². The summed E-state index contributed by atoms with van der Waals surface area (Å²) >= 11 is 0. The zero-order chi connectivity index (χ0) is 19.1. The normalized spacial score (nSPS) is 20.6. The summed E-state index contributed by atoms with van der Waals surface area (Å²) in [6, 6.07) is 7.29. The molecule has 152 valence electrons. The van der Waals surface area contributed by atoms with E-state index in [9.17, 15) is 9.59 Å². The number of halogens is 1. The summed E-state index contributed by atoms with van der Waals surface area (Å²) in [4.78, 5) is 26.9. The summed E-state index contributed by atoms with van der Waals surface area (Å²) in [6.07, 6.45) is 3.93. The molecule has 1 aliphatic rings. The van der Waals surface area contributed by atoms with Crippen LogP contribution in [0.2, 0.25) is 0 Å². The van der Waals surface area contributed by atoms with Crippen LogP contribution < -0.4 is 15.8 Å². The number of carbonyl (C=O) groups is 2. The highest BCUT2D eigenvalue weighted by molar-refractivity contribution is 5.85. The summed E-state index contributed by atoms with van der Waals surface area (Å²) in [7, 11) is 3.39. The second kappa shape index (κ2) is 11.1. The topological polar surface area (TPSA) is 84.7 Å². The number of carbonyl (C=O) groups excluding carboxylic acids is 2. The van der Waals surface area contributed by atoms with Gasteiger partial charge in [0, 0.05) is 26.1 Å². The predicted molar refractivity (Wildman–Crippen MR) is 109 cm³/mol. The Kier molecular flexibility index (Phi) is 9.60. The third kappa shape index (κ3) is 5.84. The molecule has 0 bridgehead atoms. The Morgan fingerprint density at radius 1 is 1.37 bits per heavy atom. The van der Waals surface area contributed by atoms with E-state index in [4.69, 9.17) is 10.5 Å². The van der Waals surface area contributed by atoms with E-state index < -0.39 is 0 Å². The minimum absolute atomic E-state index is 0. The van der Waals surface area contributed by atoms with Crippen LogP contribution in [-0.4, -0.2) is 43.5 Å². The Hall–Kier alpha value is -1.79. The molecule has 1 heterocycles. The summed E-state index contributed by atoms with van der Waals surface area (Å²) in [6.45, 7) is 2.55. The minimum atomic E-state index is -0.276. The second-order valence-corrected chi connectivity index (χ2v) is 6.95. The molecule has 0 radical (unpaired) electrons. The lowest BCUT2D eigenvalue weighted by molar-refractivity contribution is -0.141. The second-order valence-electron chi connectivity index (χ2n) is 6.95. The molecule has 0 spiro atoms. The van der Waals surface area contributed by atoms with Crippen LogP contribution in [0.1, 0.15) is 50.6 Å². The maximum Gasteiger partial charge on any atom is 0.225 e. The van der Waals surface area contributed by atoms with E-state index in [0.29, 0.717) is 19.4 Å². The Bertz CT molecular complexity index is 609. The monoisotopic (exact) mass is 397 g/mol. The molecule has 1 aromatic rings. The first-order chi connectivity index (χ1) is 12.5. The van der Waals surface area contributed by atoms with Crippen LogP contribution in [0.5, 0.6) is 5.75 Å². The number of likely N-dealkylation sites (tertiary alicyclic amines) is 1. The molecule has 3 N–H and O–H groups in total. The van der Waals surface area contributed by atoms with Gasteiger partial charge in [0.2, 0.25) is 11.8 Å². The number of hydrogen-bond donors (Lipinski definition) is 2. The van der Waals surface area contributed by atoms with Gasteiger partial charge >= 0.3 is 0 Å². The van der Waals surface area contributed by atoms with Crippen molar-refractivity contribution in [2.24, 2.45) is 11.7 Å². The maximum atomic E-state index is 13.0. The zero-order valence-corrected chi connectivity index (χ0v) is 17.3. The average Bonchev–Trinajstić information content (AvgIpc) is 2.67. The molecular weight excluding hydrogens is 366 g/mol. The van der Waals surface area contributed by atoms with Gasteiger partial charge in [0.1, 0.15) is 5.75 Å². The smallest absolute Gasteiger partial charge is 0.225 e. The molecule has 6 nitrogen and oxygen atoms in total. The number of benzene rings is 1. The van der Waals surface area contributed by atoms with E-state index in [1.165, 1.54) is 0 Å². The van der Waals surface area contributed by atoms with Gasteiger partial charge in [-0.15, -0.1) is 12.4 Å². The number of piperidine rings is 1. The van der Waals surface area contributed by atoms with Crippen molar-refractivity contribution in [3.05, 3.63) is 29.8 Å². The molecule has 3 unspecified atom stereocenters. The quantitative estimate of drug-likeness (QED) is 0.706. The molecule has 3 atom stereocenters. The molecule has 1 aromatic carbocycles. The van der Waals surface area contributed by atoms with Gasteiger partial charge in [-0.2, -0.15) is 0 Å². The largest absolute Gasteiger partial charge is 0.497 e. The third-order valence-corrected chi connectivity index (χ3v) is 5.19. The third-order valence-electron chi connectivity index (χ3n) is 5.19. The summed E-state index contributed by atoms with van der Waals surface area (Å²) in [5, 5.41) is 3.10. The number of nitrogens with zero attached hydrogens (tertiary/aromatic N) is 1. The Morgan fingerprint density at radius 2 is 2.04 bits per heavy atom. The number of nitrogens with one attached hydrogen (secondary N) is 1. The molecule has 1 aliphatic heterocycles. The van der Waals surface area contributed by atoms with Crippen molar-refractivity contribution < 1.29 is 14.3 Å². The lowest BCUT2D eigenvalue weighted by Crippen LogP contribution is -2.49. The van der Waals surface area contributed by atoms with Crippen LogP contribution in [0.25, 0.3) is 0 Å². The fraction of sp³-hybridized carbons (Fsp3) is 0.600. The first-order valence-electron chi connectivity index (χ1n) is 9.41.